The molecule has 21 aromatic rings. The molecule has 0 unspecified atom stereocenters. The van der Waals surface area contributed by atoms with Crippen LogP contribution in [0.25, 0.3) is 208 Å². The predicted octanol–water partition coefficient (Wildman–Crippen LogP) is 31.7. The summed E-state index contributed by atoms with van der Waals surface area (Å²) in [4.78, 5) is 0. The van der Waals surface area contributed by atoms with Gasteiger partial charge in [0.2, 0.25) is 0 Å². The summed E-state index contributed by atoms with van der Waals surface area (Å²) in [6.07, 6.45) is 0. The third-order valence-electron chi connectivity index (χ3n) is 25.5. The zero-order valence-corrected chi connectivity index (χ0v) is 64.1. The Morgan fingerprint density at radius 1 is 0.132 bits per heavy atom. The van der Waals surface area contributed by atoms with Gasteiger partial charge in [0, 0.05) is 10.8 Å². The molecule has 0 saturated heterocycles. The van der Waals surface area contributed by atoms with E-state index < -0.39 is 0 Å². The minimum Gasteiger partial charge on any atom is -0.0616 e. The Morgan fingerprint density at radius 2 is 0.421 bits per heavy atom. The van der Waals surface area contributed by atoms with Crippen LogP contribution in [-0.4, -0.2) is 0 Å². The van der Waals surface area contributed by atoms with Gasteiger partial charge in [0.25, 0.3) is 0 Å². The van der Waals surface area contributed by atoms with E-state index in [0.29, 0.717) is 0 Å². The number of hydrogen-bond donors (Lipinski definition) is 0. The second-order valence-corrected chi connectivity index (χ2v) is 32.4. The third-order valence-corrected chi connectivity index (χ3v) is 25.5. The minimum absolute atomic E-state index is 0.0371. The highest BCUT2D eigenvalue weighted by molar-refractivity contribution is 6.24. The average Bonchev–Trinajstić information content (AvgIpc) is 1.64. The molecule has 2 aliphatic carbocycles. The van der Waals surface area contributed by atoms with Crippen LogP contribution >= 0.6 is 0 Å². The third kappa shape index (κ3) is 10.7. The summed E-state index contributed by atoms with van der Waals surface area (Å²) in [5.74, 6) is 0. The van der Waals surface area contributed by atoms with Crippen LogP contribution in [0.4, 0.5) is 0 Å². The maximum absolute atomic E-state index is 2.43. The fraction of sp³-hybridized carbons (Fsp3) is 0.0526. The van der Waals surface area contributed by atoms with E-state index in [1.165, 1.54) is 230 Å². The lowest BCUT2D eigenvalue weighted by Gasteiger charge is -2.21. The normalized spacial score (nSPS) is 13.1. The van der Waals surface area contributed by atoms with Crippen LogP contribution in [0.5, 0.6) is 0 Å². The Bertz CT molecular complexity index is 7440. The molecule has 0 amide bonds. The zero-order valence-electron chi connectivity index (χ0n) is 64.1. The van der Waals surface area contributed by atoms with E-state index >= 15 is 0 Å². The summed E-state index contributed by atoms with van der Waals surface area (Å²) in [7, 11) is 0. The maximum atomic E-state index is 2.43. The minimum atomic E-state index is -0.0442. The van der Waals surface area contributed by atoms with Crippen LogP contribution in [-0.2, 0) is 10.8 Å². The number of rotatable bonds is 8. The first-order valence-electron chi connectivity index (χ1n) is 40.1. The molecule has 0 heteroatoms. The molecule has 114 heavy (non-hydrogen) atoms. The van der Waals surface area contributed by atoms with Gasteiger partial charge in [0.15, 0.2) is 0 Å². The van der Waals surface area contributed by atoms with Crippen molar-refractivity contribution in [2.24, 2.45) is 0 Å². The van der Waals surface area contributed by atoms with E-state index in [4.69, 9.17) is 0 Å². The first-order valence-corrected chi connectivity index (χ1v) is 40.1. The molecule has 0 bridgehead atoms. The standard InChI is InChI=1S/C59H40.C55H38/c1-59(2)54-32-31-40(35-53(54)58-45-19-6-3-14-38(45)30-33-55(58)59)37-26-28-39(29-27-37)56-48-22-9-11-24-50(48)57(51-25-12-10-23-49(51)56)43-17-13-16-41(34-43)52-36-42-15-4-5-18-44(42)46-20-7-8-21-47(46)52;1-55(2)50-31-30-43(34-49(50)54-44-14-6-5-12-38(44)29-32-51(54)55)37-21-26-40(27-22-37)53-47-17-9-7-15-45(47)52(46-16-8-10-18-48(46)53)39-24-19-36(20-25-39)42-28-23-35-11-3-4-13-41(35)33-42/h3-36H,1-2H3;3-34H,1-2H3. The van der Waals surface area contributed by atoms with Gasteiger partial charge in [0.05, 0.1) is 0 Å². The number of benzene rings is 21. The van der Waals surface area contributed by atoms with Crippen molar-refractivity contribution in [2.45, 2.75) is 38.5 Å². The van der Waals surface area contributed by atoms with Crippen LogP contribution in [0, 0.1) is 0 Å². The van der Waals surface area contributed by atoms with E-state index in [1.54, 1.807) is 0 Å². The summed E-state index contributed by atoms with van der Waals surface area (Å²) >= 11 is 0. The molecule has 23 rings (SSSR count). The molecule has 21 aromatic carbocycles. The highest BCUT2D eigenvalue weighted by Gasteiger charge is 2.38. The summed E-state index contributed by atoms with van der Waals surface area (Å²) in [5, 5.41) is 23.0. The Morgan fingerprint density at radius 3 is 0.851 bits per heavy atom. The Kier molecular flexibility index (Phi) is 15.4. The lowest BCUT2D eigenvalue weighted by atomic mass is 9.82. The summed E-state index contributed by atoms with van der Waals surface area (Å²) in [6, 6.07) is 149. The summed E-state index contributed by atoms with van der Waals surface area (Å²) in [6.45, 7) is 9.46. The highest BCUT2D eigenvalue weighted by atomic mass is 14.4. The van der Waals surface area contributed by atoms with Crippen molar-refractivity contribution < 1.29 is 0 Å². The van der Waals surface area contributed by atoms with Gasteiger partial charge in [-0.25, -0.2) is 0 Å². The van der Waals surface area contributed by atoms with Crippen LogP contribution in [0.15, 0.2) is 400 Å². The van der Waals surface area contributed by atoms with E-state index in [2.05, 4.69) is 428 Å². The van der Waals surface area contributed by atoms with Crippen molar-refractivity contribution in [3.63, 3.8) is 0 Å². The molecule has 0 saturated carbocycles. The molecule has 534 valence electrons. The molecular formula is C114H78. The zero-order chi connectivity index (χ0) is 75.9. The van der Waals surface area contributed by atoms with Crippen molar-refractivity contribution in [2.75, 3.05) is 0 Å². The highest BCUT2D eigenvalue weighted by Crippen LogP contribution is 2.55. The summed E-state index contributed by atoms with van der Waals surface area (Å²) < 4.78 is 0. The van der Waals surface area contributed by atoms with Gasteiger partial charge in [0.1, 0.15) is 0 Å². The number of hydrogen-bond acceptors (Lipinski definition) is 0. The van der Waals surface area contributed by atoms with Crippen molar-refractivity contribution in [3.05, 3.63) is 423 Å². The fourth-order valence-corrected chi connectivity index (χ4v) is 19.9. The lowest BCUT2D eigenvalue weighted by Crippen LogP contribution is -2.14. The molecule has 0 aliphatic heterocycles. The second-order valence-electron chi connectivity index (χ2n) is 32.4. The Hall–Kier alpha value is -14.0. The first kappa shape index (κ1) is 66.9. The van der Waals surface area contributed by atoms with Gasteiger partial charge >= 0.3 is 0 Å². The molecule has 0 heterocycles. The van der Waals surface area contributed by atoms with Crippen LogP contribution in [0.3, 0.4) is 0 Å². The molecule has 0 spiro atoms. The van der Waals surface area contributed by atoms with Gasteiger partial charge in [-0.1, -0.05) is 398 Å². The van der Waals surface area contributed by atoms with Crippen molar-refractivity contribution in [1.82, 2.24) is 0 Å². The Labute approximate surface area is 664 Å². The topological polar surface area (TPSA) is 0 Å². The maximum Gasteiger partial charge on any atom is 0.0159 e. The monoisotopic (exact) mass is 1450 g/mol. The van der Waals surface area contributed by atoms with Crippen LogP contribution in [0.2, 0.25) is 0 Å². The van der Waals surface area contributed by atoms with E-state index in [-0.39, 0.29) is 10.8 Å². The van der Waals surface area contributed by atoms with Gasteiger partial charge in [-0.05, 0) is 261 Å². The summed E-state index contributed by atoms with van der Waals surface area (Å²) in [5.41, 5.74) is 31.0. The van der Waals surface area contributed by atoms with Gasteiger partial charge < -0.3 is 0 Å². The smallest absolute Gasteiger partial charge is 0.0159 e. The SMILES string of the molecule is CC1(C)c2ccc(-c3ccc(-c4c5ccccc5c(-c5ccc(-c6ccc7ccccc7c6)cc5)c5ccccc45)cc3)cc2-c2c1ccc1ccccc21.CC1(C)c2ccc(-c3ccc(-c4c5ccccc5c(-c5cccc(-c6cc7ccccc7c7ccccc67)c5)c5ccccc45)cc3)cc2-c2c1ccc1ccccc21. The van der Waals surface area contributed by atoms with Crippen molar-refractivity contribution >= 4 is 97.0 Å². The first-order chi connectivity index (χ1) is 56.1. The average molecular weight is 1450 g/mol. The predicted molar refractivity (Wildman–Crippen MR) is 489 cm³/mol. The van der Waals surface area contributed by atoms with Gasteiger partial charge in [-0.15, -0.1) is 0 Å². The van der Waals surface area contributed by atoms with E-state index in [9.17, 15) is 0 Å². The van der Waals surface area contributed by atoms with E-state index in [1.807, 2.05) is 0 Å². The quantitative estimate of drug-likeness (QED) is 0.105. The van der Waals surface area contributed by atoms with Crippen LogP contribution < -0.4 is 0 Å². The molecule has 0 radical (unpaired) electrons. The number of fused-ring (bicyclic) bond motifs is 18. The van der Waals surface area contributed by atoms with E-state index in [0.717, 1.165) is 0 Å². The van der Waals surface area contributed by atoms with Crippen molar-refractivity contribution in [3.8, 4) is 111 Å². The molecule has 0 atom stereocenters. The van der Waals surface area contributed by atoms with Crippen molar-refractivity contribution in [1.29, 1.82) is 0 Å². The molecule has 0 N–H and O–H groups in total. The molecule has 2 aliphatic rings. The molecular weight excluding hydrogens is 1370 g/mol. The van der Waals surface area contributed by atoms with Crippen LogP contribution in [0.1, 0.15) is 49.9 Å². The van der Waals surface area contributed by atoms with Gasteiger partial charge in [-0.2, -0.15) is 0 Å². The van der Waals surface area contributed by atoms with Gasteiger partial charge in [-0.3, -0.25) is 0 Å². The second kappa shape index (κ2) is 26.3. The molecule has 0 fully saturated rings. The molecule has 0 aromatic heterocycles. The largest absolute Gasteiger partial charge is 0.0616 e. The molecule has 0 nitrogen and oxygen atoms in total. The fourth-order valence-electron chi connectivity index (χ4n) is 19.9. The lowest BCUT2D eigenvalue weighted by molar-refractivity contribution is 0.661. The Balaban J connectivity index is 0.000000139.